The molecule has 0 saturated heterocycles. The summed E-state index contributed by atoms with van der Waals surface area (Å²) in [6.45, 7) is 1.65. The van der Waals surface area contributed by atoms with Crippen LogP contribution in [0.25, 0.3) is 11.5 Å². The molecule has 0 amide bonds. The fourth-order valence-electron chi connectivity index (χ4n) is 1.24. The molecule has 0 spiro atoms. The highest BCUT2D eigenvalue weighted by Gasteiger charge is 2.16. The number of nitrogens with zero attached hydrogens (tertiary/aromatic N) is 2. The molecule has 88 valence electrons. The lowest BCUT2D eigenvalue weighted by Gasteiger charge is -1.97. The molecule has 0 N–H and O–H groups in total. The topological polar surface area (TPSA) is 65.2 Å². The van der Waals surface area contributed by atoms with Crippen molar-refractivity contribution >= 4 is 5.97 Å². The molecule has 6 heteroatoms. The molecule has 2 aromatic rings. The van der Waals surface area contributed by atoms with Crippen LogP contribution in [0.1, 0.15) is 16.2 Å². The lowest BCUT2D eigenvalue weighted by Crippen LogP contribution is -2.00. The maximum atomic E-state index is 13.3. The van der Waals surface area contributed by atoms with Gasteiger partial charge in [0.05, 0.1) is 7.11 Å². The predicted molar refractivity (Wildman–Crippen MR) is 55.8 cm³/mol. The number of halogens is 1. The summed E-state index contributed by atoms with van der Waals surface area (Å²) in [5.74, 6) is -1.29. The maximum Gasteiger partial charge on any atom is 0.396 e. The third-order valence-electron chi connectivity index (χ3n) is 2.20. The minimum absolute atomic E-state index is 0.0734. The standard InChI is InChI=1S/C11H9FN2O3/c1-6-3-4-7(5-8(6)12)9-13-14-10(17-9)11(15)16-2/h3-5H,1-2H3. The fourth-order valence-corrected chi connectivity index (χ4v) is 1.24. The van der Waals surface area contributed by atoms with Crippen LogP contribution in [0.15, 0.2) is 22.6 Å². The third kappa shape index (κ3) is 2.15. The Labute approximate surface area is 96.2 Å². The van der Waals surface area contributed by atoms with Crippen LogP contribution in [0.5, 0.6) is 0 Å². The van der Waals surface area contributed by atoms with Gasteiger partial charge in [-0.05, 0) is 24.6 Å². The van der Waals surface area contributed by atoms with Crippen molar-refractivity contribution in [3.05, 3.63) is 35.5 Å². The van der Waals surface area contributed by atoms with Crippen molar-refractivity contribution in [2.45, 2.75) is 6.92 Å². The number of carbonyl (C=O) groups excluding carboxylic acids is 1. The van der Waals surface area contributed by atoms with Crippen molar-refractivity contribution in [2.75, 3.05) is 7.11 Å². The van der Waals surface area contributed by atoms with Crippen molar-refractivity contribution in [2.24, 2.45) is 0 Å². The smallest absolute Gasteiger partial charge is 0.396 e. The number of hydrogen-bond acceptors (Lipinski definition) is 5. The Hall–Kier alpha value is -2.24. The van der Waals surface area contributed by atoms with Crippen molar-refractivity contribution in [1.29, 1.82) is 0 Å². The summed E-state index contributed by atoms with van der Waals surface area (Å²) >= 11 is 0. The third-order valence-corrected chi connectivity index (χ3v) is 2.20. The van der Waals surface area contributed by atoms with Gasteiger partial charge in [0.25, 0.3) is 0 Å². The minimum Gasteiger partial charge on any atom is -0.462 e. The Morgan fingerprint density at radius 1 is 1.41 bits per heavy atom. The summed E-state index contributed by atoms with van der Waals surface area (Å²) in [7, 11) is 1.21. The largest absolute Gasteiger partial charge is 0.462 e. The summed E-state index contributed by atoms with van der Waals surface area (Å²) < 4.78 is 22.8. The van der Waals surface area contributed by atoms with Crippen LogP contribution in [-0.2, 0) is 4.74 Å². The maximum absolute atomic E-state index is 13.3. The summed E-state index contributed by atoms with van der Waals surface area (Å²) in [6, 6.07) is 4.49. The molecule has 0 radical (unpaired) electrons. The molecule has 0 aliphatic heterocycles. The number of hydrogen-bond donors (Lipinski definition) is 0. The van der Waals surface area contributed by atoms with Crippen LogP contribution in [0.4, 0.5) is 4.39 Å². The number of esters is 1. The molecule has 1 aromatic carbocycles. The average molecular weight is 236 g/mol. The van der Waals surface area contributed by atoms with E-state index in [4.69, 9.17) is 4.42 Å². The second-order valence-electron chi connectivity index (χ2n) is 3.37. The Morgan fingerprint density at radius 2 is 2.18 bits per heavy atom. The summed E-state index contributed by atoms with van der Waals surface area (Å²) in [5.41, 5.74) is 0.928. The van der Waals surface area contributed by atoms with Crippen LogP contribution >= 0.6 is 0 Å². The molecule has 5 nitrogen and oxygen atoms in total. The molecule has 0 bridgehead atoms. The Bertz CT molecular complexity index is 566. The van der Waals surface area contributed by atoms with E-state index in [1.807, 2.05) is 0 Å². The second-order valence-corrected chi connectivity index (χ2v) is 3.37. The first-order valence-electron chi connectivity index (χ1n) is 4.80. The monoisotopic (exact) mass is 236 g/mol. The molecule has 0 saturated carbocycles. The van der Waals surface area contributed by atoms with Crippen LogP contribution in [0.2, 0.25) is 0 Å². The molecule has 1 aromatic heterocycles. The van der Waals surface area contributed by atoms with E-state index in [0.717, 1.165) is 0 Å². The molecule has 0 unspecified atom stereocenters. The lowest BCUT2D eigenvalue weighted by molar-refractivity contribution is 0.0556. The van der Waals surface area contributed by atoms with Gasteiger partial charge in [-0.2, -0.15) is 0 Å². The van der Waals surface area contributed by atoms with E-state index in [0.29, 0.717) is 11.1 Å². The Balaban J connectivity index is 2.37. The first-order chi connectivity index (χ1) is 8.11. The minimum atomic E-state index is -0.726. The SMILES string of the molecule is COC(=O)c1nnc(-c2ccc(C)c(F)c2)o1. The molecular formula is C11H9FN2O3. The van der Waals surface area contributed by atoms with Gasteiger partial charge in [0, 0.05) is 5.56 Å². The summed E-state index contributed by atoms with van der Waals surface area (Å²) in [5, 5.41) is 7.14. The molecule has 1 heterocycles. The van der Waals surface area contributed by atoms with E-state index >= 15 is 0 Å². The Kier molecular flexibility index (Phi) is 2.86. The number of carbonyl (C=O) groups is 1. The first kappa shape index (κ1) is 11.3. The normalized spacial score (nSPS) is 10.3. The van der Waals surface area contributed by atoms with E-state index in [1.54, 1.807) is 19.1 Å². The number of rotatable bonds is 2. The molecule has 0 aliphatic rings. The van der Waals surface area contributed by atoms with Crippen LogP contribution in [0, 0.1) is 12.7 Å². The zero-order valence-electron chi connectivity index (χ0n) is 9.23. The molecule has 0 fully saturated rings. The molecular weight excluding hydrogens is 227 g/mol. The van der Waals surface area contributed by atoms with Gasteiger partial charge >= 0.3 is 11.9 Å². The van der Waals surface area contributed by atoms with Gasteiger partial charge in [0.15, 0.2) is 0 Å². The highest BCUT2D eigenvalue weighted by Crippen LogP contribution is 2.20. The first-order valence-corrected chi connectivity index (χ1v) is 4.80. The Morgan fingerprint density at radius 3 is 2.82 bits per heavy atom. The molecule has 0 atom stereocenters. The highest BCUT2D eigenvalue weighted by atomic mass is 19.1. The molecule has 2 rings (SSSR count). The quantitative estimate of drug-likeness (QED) is 0.746. The summed E-state index contributed by atoms with van der Waals surface area (Å²) in [6.07, 6.45) is 0. The van der Waals surface area contributed by atoms with Gasteiger partial charge < -0.3 is 9.15 Å². The average Bonchev–Trinajstić information content (AvgIpc) is 2.81. The number of methoxy groups -OCH3 is 1. The van der Waals surface area contributed by atoms with Crippen molar-refractivity contribution < 1.29 is 18.3 Å². The fraction of sp³-hybridized carbons (Fsp3) is 0.182. The van der Waals surface area contributed by atoms with Gasteiger partial charge in [0.1, 0.15) is 5.82 Å². The number of aryl methyl sites for hydroxylation is 1. The number of aromatic nitrogens is 2. The van der Waals surface area contributed by atoms with E-state index < -0.39 is 5.97 Å². The summed E-state index contributed by atoms with van der Waals surface area (Å²) in [4.78, 5) is 11.1. The zero-order chi connectivity index (χ0) is 12.4. The molecule has 17 heavy (non-hydrogen) atoms. The van der Waals surface area contributed by atoms with E-state index in [-0.39, 0.29) is 17.6 Å². The van der Waals surface area contributed by atoms with Gasteiger partial charge in [-0.3, -0.25) is 0 Å². The van der Waals surface area contributed by atoms with E-state index in [1.165, 1.54) is 13.2 Å². The van der Waals surface area contributed by atoms with Crippen LogP contribution < -0.4 is 0 Å². The van der Waals surface area contributed by atoms with Crippen molar-refractivity contribution in [3.63, 3.8) is 0 Å². The van der Waals surface area contributed by atoms with Crippen LogP contribution in [-0.4, -0.2) is 23.3 Å². The molecule has 0 aliphatic carbocycles. The van der Waals surface area contributed by atoms with E-state index in [2.05, 4.69) is 14.9 Å². The van der Waals surface area contributed by atoms with Crippen molar-refractivity contribution in [1.82, 2.24) is 10.2 Å². The number of benzene rings is 1. The number of ether oxygens (including phenoxy) is 1. The lowest BCUT2D eigenvalue weighted by atomic mass is 10.1. The van der Waals surface area contributed by atoms with Gasteiger partial charge in [-0.15, -0.1) is 10.2 Å². The van der Waals surface area contributed by atoms with E-state index in [9.17, 15) is 9.18 Å². The van der Waals surface area contributed by atoms with Crippen LogP contribution in [0.3, 0.4) is 0 Å². The van der Waals surface area contributed by atoms with Gasteiger partial charge in [-0.25, -0.2) is 9.18 Å². The second kappa shape index (κ2) is 4.32. The van der Waals surface area contributed by atoms with Gasteiger partial charge in [0.2, 0.25) is 5.89 Å². The van der Waals surface area contributed by atoms with Gasteiger partial charge in [-0.1, -0.05) is 6.07 Å². The zero-order valence-corrected chi connectivity index (χ0v) is 9.23. The van der Waals surface area contributed by atoms with Crippen molar-refractivity contribution in [3.8, 4) is 11.5 Å². The highest BCUT2D eigenvalue weighted by molar-refractivity contribution is 5.84. The predicted octanol–water partition coefficient (Wildman–Crippen LogP) is 1.97.